The minimum Gasteiger partial charge on any atom is -0.370 e. The lowest BCUT2D eigenvalue weighted by molar-refractivity contribution is 0.826. The zero-order valence-corrected chi connectivity index (χ0v) is 6.49. The van der Waals surface area contributed by atoms with Gasteiger partial charge in [0.2, 0.25) is 0 Å². The summed E-state index contributed by atoms with van der Waals surface area (Å²) in [5.41, 5.74) is 10.3. The van der Waals surface area contributed by atoms with E-state index < -0.39 is 0 Å². The van der Waals surface area contributed by atoms with Crippen LogP contribution in [0.5, 0.6) is 0 Å². The lowest BCUT2D eigenvalue weighted by Crippen LogP contribution is -2.22. The summed E-state index contributed by atoms with van der Waals surface area (Å²) in [6, 6.07) is 0. The van der Waals surface area contributed by atoms with Crippen molar-refractivity contribution < 1.29 is 0 Å². The van der Waals surface area contributed by atoms with Crippen molar-refractivity contribution in [2.75, 3.05) is 0 Å². The van der Waals surface area contributed by atoms with Gasteiger partial charge in [0.25, 0.3) is 11.7 Å². The molecule has 0 saturated carbocycles. The Bertz CT molecular complexity index is 452. The first-order valence-corrected chi connectivity index (χ1v) is 3.39. The number of nitrogens with two attached hydrogens (primary N) is 2. The summed E-state index contributed by atoms with van der Waals surface area (Å²) >= 11 is 0. The second kappa shape index (κ2) is 2.66. The summed E-state index contributed by atoms with van der Waals surface area (Å²) < 4.78 is 1.43. The Kier molecular flexibility index (Phi) is 1.51. The molecule has 0 spiro atoms. The number of aliphatic imine (C=N–C) groups is 1. The first-order chi connectivity index (χ1) is 6.25. The molecule has 4 N–H and O–H groups in total. The normalized spacial score (nSPS) is 10.2. The van der Waals surface area contributed by atoms with Crippen LogP contribution in [0, 0.1) is 0 Å². The highest BCUT2D eigenvalue weighted by Crippen LogP contribution is 1.99. The van der Waals surface area contributed by atoms with E-state index in [0.29, 0.717) is 5.78 Å². The van der Waals surface area contributed by atoms with Gasteiger partial charge in [-0.1, -0.05) is 0 Å². The van der Waals surface area contributed by atoms with E-state index in [2.05, 4.69) is 25.3 Å². The van der Waals surface area contributed by atoms with E-state index in [-0.39, 0.29) is 11.9 Å². The van der Waals surface area contributed by atoms with Crippen LogP contribution in [0.1, 0.15) is 0 Å². The lowest BCUT2D eigenvalue weighted by atomic mass is 10.9. The van der Waals surface area contributed by atoms with E-state index in [4.69, 9.17) is 11.5 Å². The average molecular weight is 178 g/mol. The van der Waals surface area contributed by atoms with E-state index in [1.165, 1.54) is 4.52 Å². The van der Waals surface area contributed by atoms with Crippen molar-refractivity contribution in [2.24, 2.45) is 16.5 Å². The first-order valence-electron chi connectivity index (χ1n) is 3.39. The Balaban J connectivity index is 2.54. The number of guanidine groups is 1. The quantitative estimate of drug-likeness (QED) is 0.401. The Morgan fingerprint density at radius 3 is 3.00 bits per heavy atom. The number of fused-ring (bicyclic) bond motifs is 1. The maximum Gasteiger partial charge on any atom is 0.289 e. The maximum atomic E-state index is 5.14. The third-order valence-electron chi connectivity index (χ3n) is 1.26. The number of imidazole rings is 1. The molecule has 0 aliphatic carbocycles. The van der Waals surface area contributed by atoms with Gasteiger partial charge in [-0.05, 0) is 0 Å². The zero-order valence-electron chi connectivity index (χ0n) is 6.49. The third-order valence-corrected chi connectivity index (χ3v) is 1.26. The van der Waals surface area contributed by atoms with Gasteiger partial charge in [0.1, 0.15) is 0 Å². The fourth-order valence-corrected chi connectivity index (χ4v) is 0.805. The summed E-state index contributed by atoms with van der Waals surface area (Å²) in [4.78, 5) is 7.48. The van der Waals surface area contributed by atoms with Crippen LogP contribution in [0.15, 0.2) is 17.4 Å². The van der Waals surface area contributed by atoms with E-state index >= 15 is 0 Å². The second-order valence-electron chi connectivity index (χ2n) is 2.21. The van der Waals surface area contributed by atoms with Crippen LogP contribution >= 0.6 is 0 Å². The molecule has 13 heavy (non-hydrogen) atoms. The molecule has 0 unspecified atom stereocenters. The number of nitrogens with zero attached hydrogens (tertiary/aromatic N) is 6. The molecule has 2 rings (SSSR count). The topological polar surface area (TPSA) is 120 Å². The molecule has 8 heteroatoms. The SMILES string of the molecule is NC(N)=Nc1nnc2nccn2n1. The summed E-state index contributed by atoms with van der Waals surface area (Å²) in [5.74, 6) is 0.390. The lowest BCUT2D eigenvalue weighted by Gasteiger charge is -1.92. The van der Waals surface area contributed by atoms with Gasteiger partial charge in [-0.15, -0.1) is 15.3 Å². The maximum absolute atomic E-state index is 5.14. The van der Waals surface area contributed by atoms with Gasteiger partial charge in [0.05, 0.1) is 6.20 Å². The van der Waals surface area contributed by atoms with Crippen molar-refractivity contribution in [3.63, 3.8) is 0 Å². The molecular formula is C5H6N8. The smallest absolute Gasteiger partial charge is 0.289 e. The molecule has 8 nitrogen and oxygen atoms in total. The Morgan fingerprint density at radius 1 is 1.38 bits per heavy atom. The molecule has 0 fully saturated rings. The van der Waals surface area contributed by atoms with Crippen molar-refractivity contribution in [3.8, 4) is 0 Å². The Labute approximate surface area is 72.3 Å². The van der Waals surface area contributed by atoms with Crippen LogP contribution < -0.4 is 11.5 Å². The minimum atomic E-state index is -0.110. The van der Waals surface area contributed by atoms with Crippen molar-refractivity contribution in [1.82, 2.24) is 24.8 Å². The van der Waals surface area contributed by atoms with Gasteiger partial charge < -0.3 is 11.5 Å². The number of hydrogen-bond donors (Lipinski definition) is 2. The highest BCUT2D eigenvalue weighted by Gasteiger charge is 1.99. The Hall–Kier alpha value is -2.25. The predicted octanol–water partition coefficient (Wildman–Crippen LogP) is -1.58. The third kappa shape index (κ3) is 1.36. The molecule has 0 radical (unpaired) electrons. The van der Waals surface area contributed by atoms with E-state index in [1.807, 2.05) is 0 Å². The molecule has 2 aromatic rings. The van der Waals surface area contributed by atoms with Gasteiger partial charge in [0, 0.05) is 6.20 Å². The molecule has 0 saturated heterocycles. The highest BCUT2D eigenvalue weighted by molar-refractivity contribution is 5.77. The van der Waals surface area contributed by atoms with Gasteiger partial charge >= 0.3 is 0 Å². The summed E-state index contributed by atoms with van der Waals surface area (Å²) in [6.07, 6.45) is 3.17. The number of hydrogen-bond acceptors (Lipinski definition) is 5. The summed E-state index contributed by atoms with van der Waals surface area (Å²) in [6.45, 7) is 0. The minimum absolute atomic E-state index is 0.102. The Morgan fingerprint density at radius 2 is 2.23 bits per heavy atom. The van der Waals surface area contributed by atoms with Crippen molar-refractivity contribution >= 4 is 17.7 Å². The second-order valence-corrected chi connectivity index (χ2v) is 2.21. The van der Waals surface area contributed by atoms with Crippen molar-refractivity contribution in [2.45, 2.75) is 0 Å². The average Bonchev–Trinajstić information content (AvgIpc) is 2.49. The van der Waals surface area contributed by atoms with Gasteiger partial charge in [-0.2, -0.15) is 9.51 Å². The fraction of sp³-hybridized carbons (Fsp3) is 0. The monoisotopic (exact) mass is 178 g/mol. The molecule has 0 amide bonds. The zero-order chi connectivity index (χ0) is 9.26. The first kappa shape index (κ1) is 7.40. The fourth-order valence-electron chi connectivity index (χ4n) is 0.805. The molecule has 0 bridgehead atoms. The largest absolute Gasteiger partial charge is 0.370 e. The summed E-state index contributed by atoms with van der Waals surface area (Å²) in [5, 5.41) is 11.3. The van der Waals surface area contributed by atoms with Crippen molar-refractivity contribution in [1.29, 1.82) is 0 Å². The standard InChI is InChI=1S/C5H6N8/c6-3(7)9-4-10-11-5-8-1-2-13(5)12-4/h1-2H,(H4,6,7,9,12). The molecular weight excluding hydrogens is 172 g/mol. The molecule has 2 aromatic heterocycles. The van der Waals surface area contributed by atoms with Gasteiger partial charge in [-0.25, -0.2) is 4.98 Å². The molecule has 2 heterocycles. The molecule has 0 aliphatic heterocycles. The van der Waals surface area contributed by atoms with E-state index in [9.17, 15) is 0 Å². The predicted molar refractivity (Wildman–Crippen MR) is 44.0 cm³/mol. The molecule has 0 atom stereocenters. The molecule has 0 aromatic carbocycles. The van der Waals surface area contributed by atoms with Crippen molar-refractivity contribution in [3.05, 3.63) is 12.4 Å². The highest BCUT2D eigenvalue weighted by atomic mass is 15.4. The van der Waals surface area contributed by atoms with E-state index in [1.54, 1.807) is 12.4 Å². The van der Waals surface area contributed by atoms with Crippen LogP contribution in [0.4, 0.5) is 5.95 Å². The van der Waals surface area contributed by atoms with Crippen LogP contribution in [0.2, 0.25) is 0 Å². The van der Waals surface area contributed by atoms with Crippen LogP contribution in [0.3, 0.4) is 0 Å². The van der Waals surface area contributed by atoms with Gasteiger partial charge in [0.15, 0.2) is 5.96 Å². The molecule has 0 aliphatic rings. The molecule has 66 valence electrons. The van der Waals surface area contributed by atoms with Gasteiger partial charge in [-0.3, -0.25) is 0 Å². The van der Waals surface area contributed by atoms with Crippen LogP contribution in [-0.2, 0) is 0 Å². The van der Waals surface area contributed by atoms with E-state index in [0.717, 1.165) is 0 Å². The number of aromatic nitrogens is 5. The summed E-state index contributed by atoms with van der Waals surface area (Å²) in [7, 11) is 0. The number of rotatable bonds is 1. The van der Waals surface area contributed by atoms with Crippen LogP contribution in [0.25, 0.3) is 5.78 Å². The van der Waals surface area contributed by atoms with Crippen LogP contribution in [-0.4, -0.2) is 30.8 Å².